The lowest BCUT2D eigenvalue weighted by atomic mass is 9.88. The Kier molecular flexibility index (Phi) is 6.09. The Morgan fingerprint density at radius 1 is 1.13 bits per heavy atom. The Bertz CT molecular complexity index is 1180. The Balaban J connectivity index is 0.000000239. The first-order valence-electron chi connectivity index (χ1n) is 9.86. The third kappa shape index (κ3) is 4.29. The van der Waals surface area contributed by atoms with Gasteiger partial charge in [0.15, 0.2) is 11.5 Å². The molecule has 0 fully saturated rings. The van der Waals surface area contributed by atoms with Crippen LogP contribution in [-0.2, 0) is 18.4 Å². The molecular formula is C21H26FN7O. The van der Waals surface area contributed by atoms with E-state index >= 15 is 0 Å². The van der Waals surface area contributed by atoms with E-state index in [2.05, 4.69) is 39.2 Å². The topological polar surface area (TPSA) is 93.8 Å². The van der Waals surface area contributed by atoms with Crippen LogP contribution in [-0.4, -0.2) is 34.6 Å². The number of hydrogen-bond donors (Lipinski definition) is 1. The molecule has 0 spiro atoms. The molecule has 0 bridgehead atoms. The minimum Gasteiger partial charge on any atom is -0.268 e. The van der Waals surface area contributed by atoms with Crippen molar-refractivity contribution in [1.29, 1.82) is 0 Å². The zero-order valence-electron chi connectivity index (χ0n) is 17.8. The van der Waals surface area contributed by atoms with Gasteiger partial charge in [-0.2, -0.15) is 5.10 Å². The number of rotatable bonds is 3. The Morgan fingerprint density at radius 3 is 2.47 bits per heavy atom. The van der Waals surface area contributed by atoms with Gasteiger partial charge in [-0.25, -0.2) is 13.9 Å². The monoisotopic (exact) mass is 411 g/mol. The molecule has 3 aromatic heterocycles. The molecule has 9 heteroatoms. The number of nitrogens with one attached hydrogen (secondary N) is 1. The van der Waals surface area contributed by atoms with Gasteiger partial charge in [-0.15, -0.1) is 10.2 Å². The van der Waals surface area contributed by atoms with Gasteiger partial charge in [0.25, 0.3) is 5.56 Å². The molecule has 0 saturated heterocycles. The summed E-state index contributed by atoms with van der Waals surface area (Å²) >= 11 is 0. The SMILES string of the molecule is CC(C)(C)c1cc2nnc(-c3ccccc3F)n2[nH]c1=O.CCc1ncnn1CC. The van der Waals surface area contributed by atoms with Crippen molar-refractivity contribution >= 4 is 5.65 Å². The predicted octanol–water partition coefficient (Wildman–Crippen LogP) is 3.38. The van der Waals surface area contributed by atoms with Crippen LogP contribution < -0.4 is 5.56 Å². The number of fused-ring (bicyclic) bond motifs is 1. The second-order valence-electron chi connectivity index (χ2n) is 7.79. The molecule has 4 rings (SSSR count). The van der Waals surface area contributed by atoms with Gasteiger partial charge in [-0.3, -0.25) is 14.6 Å². The maximum atomic E-state index is 13.9. The molecule has 3 heterocycles. The van der Waals surface area contributed by atoms with Crippen molar-refractivity contribution in [1.82, 2.24) is 34.6 Å². The fourth-order valence-electron chi connectivity index (χ4n) is 3.06. The number of aryl methyl sites for hydroxylation is 2. The van der Waals surface area contributed by atoms with Gasteiger partial charge in [0, 0.05) is 18.5 Å². The molecule has 1 N–H and O–H groups in total. The predicted molar refractivity (Wildman–Crippen MR) is 113 cm³/mol. The molecule has 0 saturated carbocycles. The maximum absolute atomic E-state index is 13.9. The average molecular weight is 411 g/mol. The molecular weight excluding hydrogens is 385 g/mol. The molecule has 0 aliphatic carbocycles. The van der Waals surface area contributed by atoms with Crippen molar-refractivity contribution in [3.8, 4) is 11.4 Å². The first kappa shape index (κ1) is 21.4. The number of halogens is 1. The van der Waals surface area contributed by atoms with E-state index in [9.17, 15) is 9.18 Å². The minimum absolute atomic E-state index is 0.229. The van der Waals surface area contributed by atoms with E-state index in [0.29, 0.717) is 16.8 Å². The quantitative estimate of drug-likeness (QED) is 0.558. The summed E-state index contributed by atoms with van der Waals surface area (Å²) in [5.41, 5.74) is 0.858. The summed E-state index contributed by atoms with van der Waals surface area (Å²) < 4.78 is 17.2. The van der Waals surface area contributed by atoms with E-state index < -0.39 is 5.82 Å². The van der Waals surface area contributed by atoms with Crippen LogP contribution in [0.3, 0.4) is 0 Å². The van der Waals surface area contributed by atoms with Gasteiger partial charge in [0.1, 0.15) is 18.0 Å². The second-order valence-corrected chi connectivity index (χ2v) is 7.79. The van der Waals surface area contributed by atoms with E-state index in [1.54, 1.807) is 30.6 Å². The molecule has 1 aromatic carbocycles. The highest BCUT2D eigenvalue weighted by atomic mass is 19.1. The molecule has 0 aliphatic rings. The summed E-state index contributed by atoms with van der Waals surface area (Å²) in [6.45, 7) is 10.9. The van der Waals surface area contributed by atoms with Crippen LogP contribution in [0.4, 0.5) is 4.39 Å². The van der Waals surface area contributed by atoms with Gasteiger partial charge in [-0.1, -0.05) is 39.8 Å². The normalized spacial score (nSPS) is 11.4. The van der Waals surface area contributed by atoms with E-state index in [1.807, 2.05) is 25.5 Å². The molecule has 4 aromatic rings. The van der Waals surface area contributed by atoms with E-state index in [-0.39, 0.29) is 16.8 Å². The fourth-order valence-corrected chi connectivity index (χ4v) is 3.06. The van der Waals surface area contributed by atoms with Crippen LogP contribution in [0.15, 0.2) is 41.5 Å². The molecule has 0 aliphatic heterocycles. The van der Waals surface area contributed by atoms with Crippen molar-refractivity contribution in [3.63, 3.8) is 0 Å². The third-order valence-corrected chi connectivity index (χ3v) is 4.65. The van der Waals surface area contributed by atoms with E-state index in [0.717, 1.165) is 18.8 Å². The Labute approximate surface area is 173 Å². The summed E-state index contributed by atoms with van der Waals surface area (Å²) in [5.74, 6) is 0.936. The highest BCUT2D eigenvalue weighted by molar-refractivity contribution is 5.59. The van der Waals surface area contributed by atoms with Crippen molar-refractivity contribution in [2.45, 2.75) is 53.0 Å². The number of hydrogen-bond acceptors (Lipinski definition) is 5. The van der Waals surface area contributed by atoms with Crippen LogP contribution >= 0.6 is 0 Å². The van der Waals surface area contributed by atoms with Crippen molar-refractivity contribution in [3.05, 3.63) is 64.2 Å². The van der Waals surface area contributed by atoms with E-state index in [4.69, 9.17) is 0 Å². The second kappa shape index (κ2) is 8.56. The highest BCUT2D eigenvalue weighted by Gasteiger charge is 2.21. The summed E-state index contributed by atoms with van der Waals surface area (Å²) in [7, 11) is 0. The van der Waals surface area contributed by atoms with Gasteiger partial charge in [0.05, 0.1) is 5.56 Å². The zero-order valence-corrected chi connectivity index (χ0v) is 17.8. The average Bonchev–Trinajstić information content (AvgIpc) is 3.33. The number of aromatic amines is 1. The van der Waals surface area contributed by atoms with Gasteiger partial charge >= 0.3 is 0 Å². The highest BCUT2D eigenvalue weighted by Crippen LogP contribution is 2.23. The maximum Gasteiger partial charge on any atom is 0.266 e. The standard InChI is InChI=1S/C15H15FN4O.C6H11N3/c1-15(2,3)10-8-12-17-18-13(20(12)19-14(10)21)9-6-4-5-7-11(9)16;1-3-6-7-5-8-9(6)4-2/h4-8H,1-3H3,(H,19,21);5H,3-4H2,1-2H3. The van der Waals surface area contributed by atoms with Gasteiger partial charge < -0.3 is 0 Å². The summed E-state index contributed by atoms with van der Waals surface area (Å²) in [4.78, 5) is 16.3. The van der Waals surface area contributed by atoms with E-state index in [1.165, 1.54) is 10.6 Å². The molecule has 158 valence electrons. The first-order valence-corrected chi connectivity index (χ1v) is 9.86. The number of aromatic nitrogens is 7. The lowest BCUT2D eigenvalue weighted by Crippen LogP contribution is -2.26. The van der Waals surface area contributed by atoms with Crippen LogP contribution in [0, 0.1) is 5.82 Å². The Morgan fingerprint density at radius 2 is 1.87 bits per heavy atom. The molecule has 30 heavy (non-hydrogen) atoms. The Hall–Kier alpha value is -3.36. The third-order valence-electron chi connectivity index (χ3n) is 4.65. The van der Waals surface area contributed by atoms with Crippen molar-refractivity contribution < 1.29 is 4.39 Å². The number of H-pyrrole nitrogens is 1. The number of benzene rings is 1. The smallest absolute Gasteiger partial charge is 0.266 e. The van der Waals surface area contributed by atoms with Gasteiger partial charge in [-0.05, 0) is 30.5 Å². The van der Waals surface area contributed by atoms with Crippen LogP contribution in [0.2, 0.25) is 0 Å². The van der Waals surface area contributed by atoms with Crippen LogP contribution in [0.25, 0.3) is 17.0 Å². The molecule has 0 atom stereocenters. The number of nitrogens with zero attached hydrogens (tertiary/aromatic N) is 6. The first-order chi connectivity index (χ1) is 14.3. The minimum atomic E-state index is -0.410. The summed E-state index contributed by atoms with van der Waals surface area (Å²) in [6.07, 6.45) is 2.57. The molecule has 0 radical (unpaired) electrons. The lowest BCUT2D eigenvalue weighted by molar-refractivity contribution is 0.577. The fraction of sp³-hybridized carbons (Fsp3) is 0.381. The van der Waals surface area contributed by atoms with Crippen LogP contribution in [0.1, 0.15) is 46.0 Å². The largest absolute Gasteiger partial charge is 0.268 e. The lowest BCUT2D eigenvalue weighted by Gasteiger charge is -2.17. The van der Waals surface area contributed by atoms with Gasteiger partial charge in [0.2, 0.25) is 0 Å². The molecule has 0 amide bonds. The van der Waals surface area contributed by atoms with Crippen molar-refractivity contribution in [2.24, 2.45) is 0 Å². The summed E-state index contributed by atoms with van der Waals surface area (Å²) in [5, 5.41) is 14.7. The molecule has 0 unspecified atom stereocenters. The zero-order chi connectivity index (χ0) is 21.9. The van der Waals surface area contributed by atoms with Crippen LogP contribution in [0.5, 0.6) is 0 Å². The summed E-state index contributed by atoms with van der Waals surface area (Å²) in [6, 6.07) is 7.94. The molecule has 8 nitrogen and oxygen atoms in total. The van der Waals surface area contributed by atoms with Crippen molar-refractivity contribution in [2.75, 3.05) is 0 Å².